The van der Waals surface area contributed by atoms with Gasteiger partial charge in [0.25, 0.3) is 0 Å². The molecule has 1 heterocycles. The summed E-state index contributed by atoms with van der Waals surface area (Å²) in [5.41, 5.74) is 8.13. The third-order valence-electron chi connectivity index (χ3n) is 2.67. The average Bonchev–Trinajstić information content (AvgIpc) is 2.15. The van der Waals surface area contributed by atoms with Crippen molar-refractivity contribution in [1.82, 2.24) is 0 Å². The Bertz CT molecular complexity index is 271. The summed E-state index contributed by atoms with van der Waals surface area (Å²) in [5.74, 6) is 3.22. The summed E-state index contributed by atoms with van der Waals surface area (Å²) in [4.78, 5) is 0. The topological polar surface area (TPSA) is 46.2 Å². The van der Waals surface area contributed by atoms with Crippen LogP contribution >= 0.6 is 11.8 Å². The van der Waals surface area contributed by atoms with E-state index >= 15 is 0 Å². The molecule has 1 unspecified atom stereocenters. The molecule has 14 heavy (non-hydrogen) atoms. The van der Waals surface area contributed by atoms with Gasteiger partial charge in [0.1, 0.15) is 0 Å². The highest BCUT2D eigenvalue weighted by Gasteiger charge is 2.19. The second-order valence-corrected chi connectivity index (χ2v) is 4.77. The van der Waals surface area contributed by atoms with Gasteiger partial charge in [0.2, 0.25) is 0 Å². The molecule has 0 aliphatic carbocycles. The quantitative estimate of drug-likeness (QED) is 0.793. The van der Waals surface area contributed by atoms with Crippen molar-refractivity contribution in [3.05, 3.63) is 35.4 Å². The Morgan fingerprint density at radius 2 is 2.00 bits per heavy atom. The maximum absolute atomic E-state index is 8.90. The van der Waals surface area contributed by atoms with Crippen molar-refractivity contribution in [3.63, 3.8) is 0 Å². The molecule has 0 radical (unpaired) electrons. The Labute approximate surface area is 88.5 Å². The van der Waals surface area contributed by atoms with Crippen molar-refractivity contribution < 1.29 is 5.11 Å². The lowest BCUT2D eigenvalue weighted by Crippen LogP contribution is -2.17. The van der Waals surface area contributed by atoms with Gasteiger partial charge in [-0.15, -0.1) is 0 Å². The van der Waals surface area contributed by atoms with E-state index in [9.17, 15) is 0 Å². The van der Waals surface area contributed by atoms with E-state index in [2.05, 4.69) is 12.1 Å². The second kappa shape index (κ2) is 4.34. The van der Waals surface area contributed by atoms with Gasteiger partial charge in [-0.05, 0) is 11.1 Å². The Kier molecular flexibility index (Phi) is 3.11. The lowest BCUT2D eigenvalue weighted by Gasteiger charge is -2.25. The Morgan fingerprint density at radius 1 is 1.36 bits per heavy atom. The van der Waals surface area contributed by atoms with Crippen LogP contribution in [0.3, 0.4) is 0 Å². The first-order valence-electron chi connectivity index (χ1n) is 4.85. The van der Waals surface area contributed by atoms with E-state index in [4.69, 9.17) is 10.8 Å². The Hall–Kier alpha value is -0.510. The molecule has 3 heteroatoms. The molecule has 1 fully saturated rings. The van der Waals surface area contributed by atoms with Gasteiger partial charge < -0.3 is 10.8 Å². The van der Waals surface area contributed by atoms with E-state index in [-0.39, 0.29) is 12.6 Å². The van der Waals surface area contributed by atoms with Crippen LogP contribution in [0.5, 0.6) is 0 Å². The molecule has 1 aromatic carbocycles. The van der Waals surface area contributed by atoms with Crippen LogP contribution in [0.25, 0.3) is 0 Å². The lowest BCUT2D eigenvalue weighted by molar-refractivity contribution is 0.268. The fourth-order valence-corrected chi connectivity index (χ4v) is 2.41. The van der Waals surface area contributed by atoms with Crippen LogP contribution in [0, 0.1) is 0 Å². The first-order chi connectivity index (χ1) is 6.81. The monoisotopic (exact) mass is 209 g/mol. The van der Waals surface area contributed by atoms with Crippen LogP contribution in [0.15, 0.2) is 24.3 Å². The summed E-state index contributed by atoms with van der Waals surface area (Å²) < 4.78 is 0. The predicted octanol–water partition coefficient (Wildman–Crippen LogP) is 1.51. The zero-order valence-electron chi connectivity index (χ0n) is 8.02. The van der Waals surface area contributed by atoms with Crippen LogP contribution in [0.2, 0.25) is 0 Å². The number of aliphatic hydroxyl groups is 1. The number of rotatable bonds is 3. The third kappa shape index (κ3) is 1.95. The van der Waals surface area contributed by atoms with E-state index in [0.29, 0.717) is 0 Å². The standard InChI is InChI=1S/C11H15NOS/c12-11(5-13)9-3-1-8(2-4-9)10-6-14-7-10/h1-4,10-11,13H,5-7,12H2. The number of aliphatic hydroxyl groups excluding tert-OH is 1. The number of hydrogen-bond acceptors (Lipinski definition) is 3. The summed E-state index contributed by atoms with van der Waals surface area (Å²) >= 11 is 1.99. The van der Waals surface area contributed by atoms with E-state index in [1.165, 1.54) is 17.1 Å². The van der Waals surface area contributed by atoms with Gasteiger partial charge >= 0.3 is 0 Å². The third-order valence-corrected chi connectivity index (χ3v) is 3.95. The van der Waals surface area contributed by atoms with Crippen molar-refractivity contribution in [2.75, 3.05) is 18.1 Å². The Balaban J connectivity index is 2.09. The van der Waals surface area contributed by atoms with Gasteiger partial charge in [0, 0.05) is 17.4 Å². The molecule has 1 saturated heterocycles. The van der Waals surface area contributed by atoms with Crippen LogP contribution in [-0.4, -0.2) is 23.2 Å². The molecule has 0 spiro atoms. The predicted molar refractivity (Wildman–Crippen MR) is 60.5 cm³/mol. The van der Waals surface area contributed by atoms with Gasteiger partial charge in [-0.3, -0.25) is 0 Å². The molecule has 0 amide bonds. The summed E-state index contributed by atoms with van der Waals surface area (Å²) in [6, 6.07) is 8.09. The van der Waals surface area contributed by atoms with E-state index in [0.717, 1.165) is 11.5 Å². The molecule has 1 aliphatic heterocycles. The van der Waals surface area contributed by atoms with Crippen molar-refractivity contribution >= 4 is 11.8 Å². The second-order valence-electron chi connectivity index (χ2n) is 3.69. The summed E-state index contributed by atoms with van der Waals surface area (Å²) in [7, 11) is 0. The highest BCUT2D eigenvalue weighted by atomic mass is 32.2. The number of hydrogen-bond donors (Lipinski definition) is 2. The van der Waals surface area contributed by atoms with Gasteiger partial charge in [-0.2, -0.15) is 11.8 Å². The van der Waals surface area contributed by atoms with Gasteiger partial charge in [0.05, 0.1) is 12.6 Å². The fraction of sp³-hybridized carbons (Fsp3) is 0.455. The van der Waals surface area contributed by atoms with Crippen LogP contribution in [0.1, 0.15) is 23.1 Å². The lowest BCUT2D eigenvalue weighted by atomic mass is 9.99. The smallest absolute Gasteiger partial charge is 0.0624 e. The minimum Gasteiger partial charge on any atom is -0.394 e. The first-order valence-corrected chi connectivity index (χ1v) is 6.01. The number of nitrogens with two attached hydrogens (primary N) is 1. The maximum Gasteiger partial charge on any atom is 0.0624 e. The summed E-state index contributed by atoms with van der Waals surface area (Å²) in [6.07, 6.45) is 0. The molecular weight excluding hydrogens is 194 g/mol. The Morgan fingerprint density at radius 3 is 2.43 bits per heavy atom. The molecule has 76 valence electrons. The largest absolute Gasteiger partial charge is 0.394 e. The minimum atomic E-state index is -0.236. The fourth-order valence-electron chi connectivity index (χ4n) is 1.55. The maximum atomic E-state index is 8.90. The zero-order valence-corrected chi connectivity index (χ0v) is 8.83. The zero-order chi connectivity index (χ0) is 9.97. The normalized spacial score (nSPS) is 19.0. The van der Waals surface area contributed by atoms with Crippen molar-refractivity contribution in [2.24, 2.45) is 5.73 Å². The molecule has 1 atom stereocenters. The molecule has 0 saturated carbocycles. The number of benzene rings is 1. The SMILES string of the molecule is NC(CO)c1ccc(C2CSC2)cc1. The minimum absolute atomic E-state index is 0.0125. The molecule has 0 aromatic heterocycles. The van der Waals surface area contributed by atoms with Crippen LogP contribution in [-0.2, 0) is 0 Å². The summed E-state index contributed by atoms with van der Waals surface area (Å²) in [6.45, 7) is 0.0125. The van der Waals surface area contributed by atoms with E-state index < -0.39 is 0 Å². The molecule has 1 aromatic rings. The van der Waals surface area contributed by atoms with Gasteiger partial charge in [0.15, 0.2) is 0 Å². The number of thioether (sulfide) groups is 1. The molecular formula is C11H15NOS. The van der Waals surface area contributed by atoms with Crippen molar-refractivity contribution in [1.29, 1.82) is 0 Å². The molecule has 2 nitrogen and oxygen atoms in total. The molecule has 0 bridgehead atoms. The molecule has 1 aliphatic rings. The van der Waals surface area contributed by atoms with Gasteiger partial charge in [-0.25, -0.2) is 0 Å². The van der Waals surface area contributed by atoms with Crippen molar-refractivity contribution in [2.45, 2.75) is 12.0 Å². The van der Waals surface area contributed by atoms with E-state index in [1.54, 1.807) is 0 Å². The van der Waals surface area contributed by atoms with Crippen LogP contribution in [0.4, 0.5) is 0 Å². The van der Waals surface area contributed by atoms with Crippen molar-refractivity contribution in [3.8, 4) is 0 Å². The summed E-state index contributed by atoms with van der Waals surface area (Å²) in [5, 5.41) is 8.90. The molecule has 3 N–H and O–H groups in total. The van der Waals surface area contributed by atoms with E-state index in [1.807, 2.05) is 23.9 Å². The first kappa shape index (κ1) is 10.0. The highest BCUT2D eigenvalue weighted by molar-refractivity contribution is 8.00. The van der Waals surface area contributed by atoms with Crippen LogP contribution < -0.4 is 5.73 Å². The highest BCUT2D eigenvalue weighted by Crippen LogP contribution is 2.34. The molecule has 2 rings (SSSR count). The average molecular weight is 209 g/mol. The van der Waals surface area contributed by atoms with Gasteiger partial charge in [-0.1, -0.05) is 24.3 Å².